The van der Waals surface area contributed by atoms with Crippen LogP contribution >= 0.6 is 0 Å². The third-order valence-corrected chi connectivity index (χ3v) is 3.55. The van der Waals surface area contributed by atoms with Gasteiger partial charge in [0.05, 0.1) is 7.11 Å². The second-order valence-corrected chi connectivity index (χ2v) is 4.34. The molecule has 0 spiro atoms. The van der Waals surface area contributed by atoms with E-state index in [1.165, 1.54) is 7.11 Å². The normalized spacial score (nSPS) is 31.0. The van der Waals surface area contributed by atoms with Crippen molar-refractivity contribution in [3.05, 3.63) is 0 Å². The lowest BCUT2D eigenvalue weighted by atomic mass is 9.78. The molecule has 2 rings (SSSR count). The van der Waals surface area contributed by atoms with Crippen LogP contribution in [0.1, 0.15) is 32.1 Å². The molecule has 1 aliphatic carbocycles. The van der Waals surface area contributed by atoms with Gasteiger partial charge in [-0.05, 0) is 12.8 Å². The molecule has 4 heteroatoms. The number of hydrogen-bond acceptors (Lipinski definition) is 3. The first-order chi connectivity index (χ1) is 7.24. The van der Waals surface area contributed by atoms with Gasteiger partial charge in [-0.3, -0.25) is 4.79 Å². The summed E-state index contributed by atoms with van der Waals surface area (Å²) in [5.74, 6) is 0.409. The Morgan fingerprint density at radius 1 is 1.40 bits per heavy atom. The summed E-state index contributed by atoms with van der Waals surface area (Å²) in [5.41, 5.74) is 0. The molecule has 0 aromatic rings. The van der Waals surface area contributed by atoms with Crippen molar-refractivity contribution in [2.45, 2.75) is 38.1 Å². The maximum Gasteiger partial charge on any atom is 0.409 e. The van der Waals surface area contributed by atoms with Gasteiger partial charge < -0.3 is 9.64 Å². The fourth-order valence-corrected chi connectivity index (χ4v) is 2.79. The average molecular weight is 211 g/mol. The molecule has 0 unspecified atom stereocenters. The number of methoxy groups -OCH3 is 1. The number of ketones is 1. The van der Waals surface area contributed by atoms with Crippen molar-refractivity contribution in [3.8, 4) is 0 Å². The van der Waals surface area contributed by atoms with Crippen LogP contribution in [0.2, 0.25) is 0 Å². The Kier molecular flexibility index (Phi) is 2.93. The van der Waals surface area contributed by atoms with Crippen LogP contribution in [0.25, 0.3) is 0 Å². The Labute approximate surface area is 89.6 Å². The Balaban J connectivity index is 2.13. The number of nitrogens with zero attached hydrogens (tertiary/aromatic N) is 1. The summed E-state index contributed by atoms with van der Waals surface area (Å²) < 4.78 is 4.75. The summed E-state index contributed by atoms with van der Waals surface area (Å²) in [7, 11) is 1.40. The Morgan fingerprint density at radius 2 is 2.13 bits per heavy atom. The van der Waals surface area contributed by atoms with E-state index in [2.05, 4.69) is 0 Å². The lowest BCUT2D eigenvalue weighted by Gasteiger charge is -2.42. The van der Waals surface area contributed by atoms with E-state index in [-0.39, 0.29) is 18.1 Å². The van der Waals surface area contributed by atoms with E-state index in [1.54, 1.807) is 4.90 Å². The number of fused-ring (bicyclic) bond motifs is 1. The van der Waals surface area contributed by atoms with Gasteiger partial charge in [-0.15, -0.1) is 0 Å². The minimum absolute atomic E-state index is 0.0756. The second kappa shape index (κ2) is 4.21. The monoisotopic (exact) mass is 211 g/mol. The van der Waals surface area contributed by atoms with Gasteiger partial charge in [0, 0.05) is 24.9 Å². The van der Waals surface area contributed by atoms with Crippen molar-refractivity contribution in [2.24, 2.45) is 5.92 Å². The summed E-state index contributed by atoms with van der Waals surface area (Å²) in [5, 5.41) is 0. The quantitative estimate of drug-likeness (QED) is 0.611. The van der Waals surface area contributed by atoms with Crippen LogP contribution in [0.4, 0.5) is 4.79 Å². The van der Waals surface area contributed by atoms with Crippen molar-refractivity contribution < 1.29 is 14.3 Å². The summed E-state index contributed by atoms with van der Waals surface area (Å²) in [6.45, 7) is 0.534. The number of amides is 1. The van der Waals surface area contributed by atoms with E-state index in [4.69, 9.17) is 4.74 Å². The van der Waals surface area contributed by atoms with Gasteiger partial charge >= 0.3 is 6.09 Å². The van der Waals surface area contributed by atoms with Crippen LogP contribution in [0, 0.1) is 5.92 Å². The standard InChI is InChI=1S/C11H17NO3/c1-15-11(14)12-7-6-10(13)8-4-2-3-5-9(8)12/h8-9H,2-7H2,1H3/t8-,9-/m1/s1. The molecule has 1 aliphatic heterocycles. The van der Waals surface area contributed by atoms with Gasteiger partial charge in [-0.1, -0.05) is 12.8 Å². The molecule has 2 fully saturated rings. The number of piperidine rings is 1. The van der Waals surface area contributed by atoms with E-state index >= 15 is 0 Å². The minimum Gasteiger partial charge on any atom is -0.453 e. The Bertz CT molecular complexity index is 277. The first kappa shape index (κ1) is 10.5. The van der Waals surface area contributed by atoms with E-state index in [0.29, 0.717) is 18.7 Å². The van der Waals surface area contributed by atoms with Crippen LogP contribution in [0.15, 0.2) is 0 Å². The van der Waals surface area contributed by atoms with Gasteiger partial charge in [-0.25, -0.2) is 4.79 Å². The zero-order valence-corrected chi connectivity index (χ0v) is 9.07. The van der Waals surface area contributed by atoms with Crippen LogP contribution < -0.4 is 0 Å². The van der Waals surface area contributed by atoms with Crippen LogP contribution in [-0.4, -0.2) is 36.5 Å². The van der Waals surface area contributed by atoms with Gasteiger partial charge in [0.15, 0.2) is 0 Å². The highest BCUT2D eigenvalue weighted by molar-refractivity contribution is 5.84. The molecule has 2 aliphatic rings. The number of carbonyl (C=O) groups excluding carboxylic acids is 2. The molecule has 1 amide bonds. The van der Waals surface area contributed by atoms with Crippen molar-refractivity contribution in [1.29, 1.82) is 0 Å². The van der Waals surface area contributed by atoms with Crippen LogP contribution in [-0.2, 0) is 9.53 Å². The maximum absolute atomic E-state index is 11.7. The molecule has 4 nitrogen and oxygen atoms in total. The summed E-state index contributed by atoms with van der Waals surface area (Å²) in [4.78, 5) is 25.0. The highest BCUT2D eigenvalue weighted by atomic mass is 16.5. The molecule has 1 saturated heterocycles. The summed E-state index contributed by atoms with van der Waals surface area (Å²) in [6.07, 6.45) is 4.34. The van der Waals surface area contributed by atoms with E-state index < -0.39 is 0 Å². The zero-order chi connectivity index (χ0) is 10.8. The number of Topliss-reactive ketones (excluding diaryl/α,β-unsaturated/α-hetero) is 1. The number of ether oxygens (including phenoxy) is 1. The molecule has 0 aromatic heterocycles. The van der Waals surface area contributed by atoms with Gasteiger partial charge in [0.1, 0.15) is 5.78 Å². The highest BCUT2D eigenvalue weighted by Crippen LogP contribution is 2.33. The Hall–Kier alpha value is -1.06. The van der Waals surface area contributed by atoms with Crippen LogP contribution in [0.3, 0.4) is 0 Å². The van der Waals surface area contributed by atoms with Gasteiger partial charge in [0.2, 0.25) is 0 Å². The molecule has 0 aromatic carbocycles. The first-order valence-corrected chi connectivity index (χ1v) is 5.61. The predicted octanol–water partition coefficient (Wildman–Crippen LogP) is 1.59. The lowest BCUT2D eigenvalue weighted by Crippen LogP contribution is -2.53. The third kappa shape index (κ3) is 1.85. The molecule has 84 valence electrons. The molecule has 1 heterocycles. The van der Waals surface area contributed by atoms with Crippen molar-refractivity contribution in [2.75, 3.05) is 13.7 Å². The second-order valence-electron chi connectivity index (χ2n) is 4.34. The van der Waals surface area contributed by atoms with Crippen molar-refractivity contribution in [3.63, 3.8) is 0 Å². The molecular formula is C11H17NO3. The minimum atomic E-state index is -0.278. The van der Waals surface area contributed by atoms with Gasteiger partial charge in [-0.2, -0.15) is 0 Å². The van der Waals surface area contributed by atoms with E-state index in [1.807, 2.05) is 0 Å². The fraction of sp³-hybridized carbons (Fsp3) is 0.818. The molecule has 0 N–H and O–H groups in total. The largest absolute Gasteiger partial charge is 0.453 e. The molecule has 0 radical (unpaired) electrons. The highest BCUT2D eigenvalue weighted by Gasteiger charge is 2.40. The van der Waals surface area contributed by atoms with Gasteiger partial charge in [0.25, 0.3) is 0 Å². The summed E-state index contributed by atoms with van der Waals surface area (Å²) >= 11 is 0. The Morgan fingerprint density at radius 3 is 2.87 bits per heavy atom. The van der Waals surface area contributed by atoms with Crippen molar-refractivity contribution >= 4 is 11.9 Å². The maximum atomic E-state index is 11.7. The third-order valence-electron chi connectivity index (χ3n) is 3.55. The van der Waals surface area contributed by atoms with E-state index in [9.17, 15) is 9.59 Å². The zero-order valence-electron chi connectivity index (χ0n) is 9.07. The SMILES string of the molecule is COC(=O)N1CCC(=O)[C@@H]2CCCC[C@H]21. The molecule has 2 atom stereocenters. The van der Waals surface area contributed by atoms with E-state index in [0.717, 1.165) is 25.7 Å². The number of rotatable bonds is 0. The summed E-state index contributed by atoms with van der Waals surface area (Å²) in [6, 6.07) is 0.104. The fourth-order valence-electron chi connectivity index (χ4n) is 2.79. The van der Waals surface area contributed by atoms with Crippen LogP contribution in [0.5, 0.6) is 0 Å². The topological polar surface area (TPSA) is 46.6 Å². The first-order valence-electron chi connectivity index (χ1n) is 5.61. The average Bonchev–Trinajstić information content (AvgIpc) is 2.29. The number of likely N-dealkylation sites (tertiary alicyclic amines) is 1. The molecule has 15 heavy (non-hydrogen) atoms. The smallest absolute Gasteiger partial charge is 0.409 e. The van der Waals surface area contributed by atoms with Crippen molar-refractivity contribution in [1.82, 2.24) is 4.90 Å². The number of hydrogen-bond donors (Lipinski definition) is 0. The lowest BCUT2D eigenvalue weighted by molar-refractivity contribution is -0.129. The predicted molar refractivity (Wildman–Crippen MR) is 54.5 cm³/mol. The molecular weight excluding hydrogens is 194 g/mol. The number of carbonyl (C=O) groups is 2. The molecule has 1 saturated carbocycles. The molecule has 0 bridgehead atoms.